The van der Waals surface area contributed by atoms with Crippen molar-refractivity contribution in [2.45, 2.75) is 20.0 Å². The highest BCUT2D eigenvalue weighted by Gasteiger charge is 2.29. The Morgan fingerprint density at radius 1 is 1.32 bits per heavy atom. The van der Waals surface area contributed by atoms with Gasteiger partial charge in [-0.15, -0.1) is 0 Å². The van der Waals surface area contributed by atoms with E-state index >= 15 is 0 Å². The first-order valence-corrected chi connectivity index (χ1v) is 9.15. The zero-order valence-electron chi connectivity index (χ0n) is 16.0. The third-order valence-corrected chi connectivity index (χ3v) is 4.73. The monoisotopic (exact) mass is 382 g/mol. The predicted molar refractivity (Wildman–Crippen MR) is 104 cm³/mol. The van der Waals surface area contributed by atoms with Crippen LogP contribution in [0.2, 0.25) is 0 Å². The van der Waals surface area contributed by atoms with Crippen molar-refractivity contribution in [2.75, 3.05) is 32.0 Å². The highest BCUT2D eigenvalue weighted by molar-refractivity contribution is 6.34. The molecule has 0 saturated carbocycles. The molecular weight excluding hydrogens is 360 g/mol. The summed E-state index contributed by atoms with van der Waals surface area (Å²) in [4.78, 5) is 38.8. The SMILES string of the molecule is Cc1cc2c([nH]1)/C=C1\C(=O)Nc3cnc(nc31)O[C@@H](C)CNCCN(C)C2=O. The van der Waals surface area contributed by atoms with E-state index in [1.165, 1.54) is 6.20 Å². The van der Waals surface area contributed by atoms with Crippen molar-refractivity contribution in [1.82, 2.24) is 25.2 Å². The number of amides is 2. The van der Waals surface area contributed by atoms with E-state index in [1.54, 1.807) is 24.1 Å². The second-order valence-electron chi connectivity index (χ2n) is 7.07. The number of carbonyl (C=O) groups excluding carboxylic acids is 2. The van der Waals surface area contributed by atoms with E-state index < -0.39 is 0 Å². The van der Waals surface area contributed by atoms with Gasteiger partial charge in [-0.05, 0) is 26.0 Å². The van der Waals surface area contributed by atoms with E-state index in [0.29, 0.717) is 47.8 Å². The number of hydrogen-bond donors (Lipinski definition) is 3. The molecule has 2 aromatic heterocycles. The molecule has 4 rings (SSSR count). The Labute approximate surface area is 162 Å². The number of aryl methyl sites for hydroxylation is 1. The molecule has 0 aromatic carbocycles. The van der Waals surface area contributed by atoms with Crippen molar-refractivity contribution in [2.24, 2.45) is 0 Å². The molecule has 0 radical (unpaired) electrons. The van der Waals surface area contributed by atoms with Crippen molar-refractivity contribution in [3.8, 4) is 6.01 Å². The Hall–Kier alpha value is -3.20. The molecule has 28 heavy (non-hydrogen) atoms. The summed E-state index contributed by atoms with van der Waals surface area (Å²) in [5.41, 5.74) is 3.27. The molecule has 9 heteroatoms. The van der Waals surface area contributed by atoms with E-state index in [0.717, 1.165) is 5.69 Å². The van der Waals surface area contributed by atoms with Gasteiger partial charge < -0.3 is 25.3 Å². The Morgan fingerprint density at radius 3 is 2.96 bits per heavy atom. The molecule has 2 aliphatic heterocycles. The molecule has 0 saturated heterocycles. The molecule has 2 bridgehead atoms. The first kappa shape index (κ1) is 18.2. The number of hydrogen-bond acceptors (Lipinski definition) is 6. The molecule has 0 aliphatic carbocycles. The van der Waals surface area contributed by atoms with E-state index in [-0.39, 0.29) is 23.9 Å². The lowest BCUT2D eigenvalue weighted by Gasteiger charge is -2.18. The minimum Gasteiger partial charge on any atom is -0.459 e. The summed E-state index contributed by atoms with van der Waals surface area (Å²) in [7, 11) is 1.76. The highest BCUT2D eigenvalue weighted by atomic mass is 16.5. The summed E-state index contributed by atoms with van der Waals surface area (Å²) in [5, 5.41) is 6.02. The Morgan fingerprint density at radius 2 is 2.14 bits per heavy atom. The van der Waals surface area contributed by atoms with Gasteiger partial charge in [0.15, 0.2) is 0 Å². The lowest BCUT2D eigenvalue weighted by Crippen LogP contribution is -2.37. The van der Waals surface area contributed by atoms with Crippen LogP contribution in [0.1, 0.15) is 34.4 Å². The van der Waals surface area contributed by atoms with Crippen LogP contribution in [0.25, 0.3) is 11.6 Å². The van der Waals surface area contributed by atoms with E-state index in [4.69, 9.17) is 4.74 Å². The van der Waals surface area contributed by atoms with Crippen LogP contribution in [-0.4, -0.2) is 64.5 Å². The van der Waals surface area contributed by atoms with E-state index in [9.17, 15) is 9.59 Å². The van der Waals surface area contributed by atoms with Gasteiger partial charge in [-0.25, -0.2) is 4.98 Å². The van der Waals surface area contributed by atoms with Crippen LogP contribution in [0.5, 0.6) is 6.01 Å². The van der Waals surface area contributed by atoms with Gasteiger partial charge in [0.05, 0.1) is 28.7 Å². The lowest BCUT2D eigenvalue weighted by molar-refractivity contribution is -0.110. The minimum absolute atomic E-state index is 0.112. The van der Waals surface area contributed by atoms with Crippen molar-refractivity contribution in [3.63, 3.8) is 0 Å². The van der Waals surface area contributed by atoms with Crippen LogP contribution in [0, 0.1) is 6.92 Å². The van der Waals surface area contributed by atoms with Crippen LogP contribution in [0.15, 0.2) is 12.3 Å². The number of aromatic amines is 1. The van der Waals surface area contributed by atoms with E-state index in [1.807, 2.05) is 13.8 Å². The van der Waals surface area contributed by atoms with Crippen LogP contribution in [0.4, 0.5) is 5.69 Å². The van der Waals surface area contributed by atoms with Gasteiger partial charge in [0.1, 0.15) is 11.8 Å². The summed E-state index contributed by atoms with van der Waals surface area (Å²) in [6.45, 7) is 5.53. The minimum atomic E-state index is -0.292. The van der Waals surface area contributed by atoms with Crippen molar-refractivity contribution in [1.29, 1.82) is 0 Å². The summed E-state index contributed by atoms with van der Waals surface area (Å²) in [6, 6.07) is 2.00. The number of anilines is 1. The van der Waals surface area contributed by atoms with Crippen molar-refractivity contribution >= 4 is 29.2 Å². The molecule has 2 aliphatic rings. The fourth-order valence-electron chi connectivity index (χ4n) is 3.28. The van der Waals surface area contributed by atoms with E-state index in [2.05, 4.69) is 25.6 Å². The van der Waals surface area contributed by atoms with Crippen LogP contribution >= 0.6 is 0 Å². The molecule has 2 aromatic rings. The maximum atomic E-state index is 12.9. The summed E-state index contributed by atoms with van der Waals surface area (Å²) < 4.78 is 5.78. The average Bonchev–Trinajstić information content (AvgIpc) is 3.17. The number of carbonyl (C=O) groups is 2. The maximum absolute atomic E-state index is 12.9. The number of nitrogens with one attached hydrogen (secondary N) is 3. The third kappa shape index (κ3) is 3.36. The fourth-order valence-corrected chi connectivity index (χ4v) is 3.28. The normalized spacial score (nSPS) is 21.8. The van der Waals surface area contributed by atoms with Gasteiger partial charge in [0, 0.05) is 32.4 Å². The summed E-state index contributed by atoms with van der Waals surface area (Å²) >= 11 is 0. The molecule has 9 nitrogen and oxygen atoms in total. The third-order valence-electron chi connectivity index (χ3n) is 4.73. The fraction of sp³-hybridized carbons (Fsp3) is 0.368. The summed E-state index contributed by atoms with van der Waals surface area (Å²) in [5.74, 6) is -0.404. The van der Waals surface area contributed by atoms with Gasteiger partial charge in [-0.1, -0.05) is 0 Å². The standard InChI is InChI=1S/C19H22N6O3/c1-10-6-12-14(22-10)7-13-16-15(23-17(13)26)9-21-19(24-16)28-11(2)8-20-4-5-25(3)18(12)27/h6-7,9,11,20,22H,4-5,8H2,1-3H3,(H,23,26)/b13-7-/t11-/m0/s1. The van der Waals surface area contributed by atoms with Gasteiger partial charge >= 0.3 is 6.01 Å². The zero-order chi connectivity index (χ0) is 19.8. The van der Waals surface area contributed by atoms with Crippen molar-refractivity contribution in [3.05, 3.63) is 34.9 Å². The Bertz CT molecular complexity index is 980. The molecule has 0 fully saturated rings. The number of fused-ring (bicyclic) bond motifs is 2. The lowest BCUT2D eigenvalue weighted by atomic mass is 10.1. The smallest absolute Gasteiger partial charge is 0.317 e. The largest absolute Gasteiger partial charge is 0.459 e. The first-order chi connectivity index (χ1) is 13.4. The number of likely N-dealkylation sites (N-methyl/N-ethyl adjacent to an activating group) is 1. The topological polar surface area (TPSA) is 112 Å². The second kappa shape index (κ2) is 7.08. The summed E-state index contributed by atoms with van der Waals surface area (Å²) in [6.07, 6.45) is 3.03. The Balaban J connectivity index is 1.83. The second-order valence-corrected chi connectivity index (χ2v) is 7.07. The molecule has 3 N–H and O–H groups in total. The number of aromatic nitrogens is 3. The number of H-pyrrole nitrogens is 1. The Kier molecular flexibility index (Phi) is 4.60. The first-order valence-electron chi connectivity index (χ1n) is 9.15. The van der Waals surface area contributed by atoms with Crippen LogP contribution in [-0.2, 0) is 4.79 Å². The average molecular weight is 382 g/mol. The molecule has 2 amide bonds. The number of nitrogens with zero attached hydrogens (tertiary/aromatic N) is 3. The quantitative estimate of drug-likeness (QED) is 0.628. The molecule has 1 atom stereocenters. The van der Waals surface area contributed by atoms with Crippen molar-refractivity contribution < 1.29 is 14.3 Å². The number of rotatable bonds is 0. The van der Waals surface area contributed by atoms with Gasteiger partial charge in [-0.2, -0.15) is 4.98 Å². The molecule has 146 valence electrons. The maximum Gasteiger partial charge on any atom is 0.317 e. The zero-order valence-corrected chi connectivity index (χ0v) is 16.0. The molecule has 0 spiro atoms. The number of ether oxygens (including phenoxy) is 1. The van der Waals surface area contributed by atoms with Gasteiger partial charge in [0.2, 0.25) is 0 Å². The molecular formula is C19H22N6O3. The molecule has 4 heterocycles. The van der Waals surface area contributed by atoms with Gasteiger partial charge in [-0.3, -0.25) is 9.59 Å². The van der Waals surface area contributed by atoms with Crippen LogP contribution < -0.4 is 15.4 Å². The van der Waals surface area contributed by atoms with Crippen LogP contribution in [0.3, 0.4) is 0 Å². The predicted octanol–water partition coefficient (Wildman–Crippen LogP) is 1.05. The van der Waals surface area contributed by atoms with Gasteiger partial charge in [0.25, 0.3) is 11.8 Å². The highest BCUT2D eigenvalue weighted by Crippen LogP contribution is 2.32. The molecule has 0 unspecified atom stereocenters.